The lowest BCUT2D eigenvalue weighted by Crippen LogP contribution is -1.82. The topological polar surface area (TPSA) is 20.2 Å². The van der Waals surface area contributed by atoms with Crippen LogP contribution in [0.1, 0.15) is 17.5 Å². The third kappa shape index (κ3) is 1.10. The monoisotopic (exact) mass is 168 g/mol. The SMILES string of the molecule is Oc1cc(Cl)cc2c1CCC2. The number of halogens is 1. The smallest absolute Gasteiger partial charge is 0.120 e. The van der Waals surface area contributed by atoms with E-state index in [0.29, 0.717) is 10.8 Å². The second kappa shape index (κ2) is 2.42. The molecule has 0 amide bonds. The number of phenolic OH excluding ortho intramolecular Hbond substituents is 1. The van der Waals surface area contributed by atoms with Crippen LogP contribution < -0.4 is 0 Å². The van der Waals surface area contributed by atoms with Gasteiger partial charge in [0.1, 0.15) is 5.75 Å². The summed E-state index contributed by atoms with van der Waals surface area (Å²) in [4.78, 5) is 0. The molecule has 2 heteroatoms. The number of hydrogen-bond donors (Lipinski definition) is 1. The van der Waals surface area contributed by atoms with Crippen molar-refractivity contribution >= 4 is 11.6 Å². The van der Waals surface area contributed by atoms with Crippen LogP contribution in [0.2, 0.25) is 5.02 Å². The first kappa shape index (κ1) is 6.99. The number of benzene rings is 1. The van der Waals surface area contributed by atoms with Gasteiger partial charge in [-0.25, -0.2) is 0 Å². The molecule has 1 aromatic rings. The highest BCUT2D eigenvalue weighted by Crippen LogP contribution is 2.32. The first-order chi connectivity index (χ1) is 5.27. The summed E-state index contributed by atoms with van der Waals surface area (Å²) in [5.41, 5.74) is 2.31. The van der Waals surface area contributed by atoms with E-state index in [-0.39, 0.29) is 0 Å². The van der Waals surface area contributed by atoms with E-state index < -0.39 is 0 Å². The van der Waals surface area contributed by atoms with Crippen molar-refractivity contribution in [1.82, 2.24) is 0 Å². The Bertz CT molecular complexity index is 294. The molecule has 58 valence electrons. The summed E-state index contributed by atoms with van der Waals surface area (Å²) < 4.78 is 0. The molecule has 1 aromatic carbocycles. The van der Waals surface area contributed by atoms with E-state index in [4.69, 9.17) is 11.6 Å². The predicted octanol–water partition coefficient (Wildman–Crippen LogP) is 2.53. The molecule has 0 saturated carbocycles. The Labute approximate surface area is 70.6 Å². The molecule has 0 bridgehead atoms. The lowest BCUT2D eigenvalue weighted by molar-refractivity contribution is 0.469. The summed E-state index contributed by atoms with van der Waals surface area (Å²) >= 11 is 5.77. The van der Waals surface area contributed by atoms with Gasteiger partial charge in [-0.1, -0.05) is 11.6 Å². The molecule has 0 fully saturated rings. The zero-order valence-corrected chi connectivity index (χ0v) is 6.86. The van der Waals surface area contributed by atoms with Crippen LogP contribution in [0.4, 0.5) is 0 Å². The van der Waals surface area contributed by atoms with Crippen LogP contribution in [-0.2, 0) is 12.8 Å². The maximum atomic E-state index is 9.43. The highest BCUT2D eigenvalue weighted by Gasteiger charge is 2.14. The van der Waals surface area contributed by atoms with Crippen molar-refractivity contribution in [1.29, 1.82) is 0 Å². The normalized spacial score (nSPS) is 15.0. The fraction of sp³-hybridized carbons (Fsp3) is 0.333. The largest absolute Gasteiger partial charge is 0.508 e. The summed E-state index contributed by atoms with van der Waals surface area (Å²) in [6.45, 7) is 0. The fourth-order valence-electron chi connectivity index (χ4n) is 1.64. The molecule has 1 nitrogen and oxygen atoms in total. The zero-order valence-electron chi connectivity index (χ0n) is 6.10. The van der Waals surface area contributed by atoms with E-state index >= 15 is 0 Å². The van der Waals surface area contributed by atoms with Crippen LogP contribution >= 0.6 is 11.6 Å². The molecular weight excluding hydrogens is 160 g/mol. The minimum absolute atomic E-state index is 0.366. The summed E-state index contributed by atoms with van der Waals surface area (Å²) in [6.07, 6.45) is 3.20. The molecule has 0 radical (unpaired) electrons. The maximum Gasteiger partial charge on any atom is 0.120 e. The van der Waals surface area contributed by atoms with Crippen molar-refractivity contribution in [3.8, 4) is 5.75 Å². The quantitative estimate of drug-likeness (QED) is 0.631. The average molecular weight is 169 g/mol. The third-order valence-corrected chi connectivity index (χ3v) is 2.37. The van der Waals surface area contributed by atoms with Crippen molar-refractivity contribution in [3.63, 3.8) is 0 Å². The van der Waals surface area contributed by atoms with Gasteiger partial charge in [0, 0.05) is 5.02 Å². The molecule has 0 spiro atoms. The van der Waals surface area contributed by atoms with Gasteiger partial charge in [0.15, 0.2) is 0 Å². The van der Waals surface area contributed by atoms with E-state index in [1.165, 1.54) is 5.56 Å². The number of phenols is 1. The van der Waals surface area contributed by atoms with Crippen LogP contribution in [0.25, 0.3) is 0 Å². The van der Waals surface area contributed by atoms with E-state index in [1.807, 2.05) is 6.07 Å². The Kier molecular flexibility index (Phi) is 1.53. The predicted molar refractivity (Wildman–Crippen MR) is 45.1 cm³/mol. The average Bonchev–Trinajstić information content (AvgIpc) is 2.34. The van der Waals surface area contributed by atoms with Gasteiger partial charge >= 0.3 is 0 Å². The van der Waals surface area contributed by atoms with Gasteiger partial charge < -0.3 is 5.11 Å². The second-order valence-electron chi connectivity index (χ2n) is 2.92. The highest BCUT2D eigenvalue weighted by atomic mass is 35.5. The van der Waals surface area contributed by atoms with Crippen molar-refractivity contribution in [2.45, 2.75) is 19.3 Å². The Balaban J connectivity index is 2.60. The number of rotatable bonds is 0. The Morgan fingerprint density at radius 2 is 2.09 bits per heavy atom. The molecule has 0 unspecified atom stereocenters. The molecule has 0 heterocycles. The van der Waals surface area contributed by atoms with Gasteiger partial charge in [0.05, 0.1) is 0 Å². The van der Waals surface area contributed by atoms with Crippen molar-refractivity contribution in [3.05, 3.63) is 28.3 Å². The summed E-state index contributed by atoms with van der Waals surface area (Å²) in [5.74, 6) is 0.366. The van der Waals surface area contributed by atoms with Crippen molar-refractivity contribution in [2.75, 3.05) is 0 Å². The molecule has 1 N–H and O–H groups in total. The Hall–Kier alpha value is -0.690. The number of aromatic hydroxyl groups is 1. The molecule has 0 aromatic heterocycles. The maximum absolute atomic E-state index is 9.43. The second-order valence-corrected chi connectivity index (χ2v) is 3.35. The minimum Gasteiger partial charge on any atom is -0.508 e. The van der Waals surface area contributed by atoms with E-state index in [2.05, 4.69) is 0 Å². The third-order valence-electron chi connectivity index (χ3n) is 2.16. The lowest BCUT2D eigenvalue weighted by Gasteiger charge is -2.01. The Morgan fingerprint density at radius 1 is 1.27 bits per heavy atom. The number of hydrogen-bond acceptors (Lipinski definition) is 1. The number of fused-ring (bicyclic) bond motifs is 1. The molecule has 0 saturated heterocycles. The first-order valence-electron chi connectivity index (χ1n) is 3.77. The standard InChI is InChI=1S/C9H9ClO/c10-7-4-6-2-1-3-8(6)9(11)5-7/h4-5,11H,1-3H2. The summed E-state index contributed by atoms with van der Waals surface area (Å²) in [5, 5.41) is 10.1. The van der Waals surface area contributed by atoms with Crippen LogP contribution in [0.3, 0.4) is 0 Å². The van der Waals surface area contributed by atoms with Crippen molar-refractivity contribution in [2.24, 2.45) is 0 Å². The molecule has 0 aliphatic heterocycles. The van der Waals surface area contributed by atoms with Gasteiger partial charge in [-0.2, -0.15) is 0 Å². The molecule has 1 aliphatic rings. The van der Waals surface area contributed by atoms with Crippen LogP contribution in [0.5, 0.6) is 5.75 Å². The fourth-order valence-corrected chi connectivity index (χ4v) is 1.88. The van der Waals surface area contributed by atoms with Crippen LogP contribution in [-0.4, -0.2) is 5.11 Å². The highest BCUT2D eigenvalue weighted by molar-refractivity contribution is 6.30. The minimum atomic E-state index is 0.366. The van der Waals surface area contributed by atoms with Gasteiger partial charge in [-0.15, -0.1) is 0 Å². The van der Waals surface area contributed by atoms with Gasteiger partial charge in [-0.3, -0.25) is 0 Å². The molecule has 2 rings (SSSR count). The van der Waals surface area contributed by atoms with Crippen molar-refractivity contribution < 1.29 is 5.11 Å². The van der Waals surface area contributed by atoms with Gasteiger partial charge in [0.2, 0.25) is 0 Å². The summed E-state index contributed by atoms with van der Waals surface area (Å²) in [6, 6.07) is 3.56. The van der Waals surface area contributed by atoms with Crippen LogP contribution in [0, 0.1) is 0 Å². The Morgan fingerprint density at radius 3 is 2.91 bits per heavy atom. The van der Waals surface area contributed by atoms with E-state index in [0.717, 1.165) is 24.8 Å². The van der Waals surface area contributed by atoms with Crippen LogP contribution in [0.15, 0.2) is 12.1 Å². The molecule has 0 atom stereocenters. The molecular formula is C9H9ClO. The molecule has 1 aliphatic carbocycles. The lowest BCUT2D eigenvalue weighted by atomic mass is 10.1. The summed E-state index contributed by atoms with van der Waals surface area (Å²) in [7, 11) is 0. The van der Waals surface area contributed by atoms with Gasteiger partial charge in [0.25, 0.3) is 0 Å². The van der Waals surface area contributed by atoms with E-state index in [1.54, 1.807) is 6.07 Å². The van der Waals surface area contributed by atoms with E-state index in [9.17, 15) is 5.11 Å². The molecule has 11 heavy (non-hydrogen) atoms. The van der Waals surface area contributed by atoms with Gasteiger partial charge in [-0.05, 0) is 42.5 Å². The first-order valence-corrected chi connectivity index (χ1v) is 4.15. The zero-order chi connectivity index (χ0) is 7.84. The number of aryl methyl sites for hydroxylation is 1.